The number of carbonyl (C=O) groups excluding carboxylic acids is 1. The van der Waals surface area contributed by atoms with Gasteiger partial charge in [-0.2, -0.15) is 8.78 Å². The number of rotatable bonds is 2. The van der Waals surface area contributed by atoms with Gasteiger partial charge in [0.1, 0.15) is 6.29 Å². The summed E-state index contributed by atoms with van der Waals surface area (Å²) in [5, 5.41) is 0. The lowest BCUT2D eigenvalue weighted by Crippen LogP contribution is -2.11. The Morgan fingerprint density at radius 2 is 1.72 bits per heavy atom. The molecule has 0 atom stereocenters. The fourth-order valence-corrected chi connectivity index (χ4v) is 2.45. The van der Waals surface area contributed by atoms with Gasteiger partial charge in [-0.05, 0) is 22.8 Å². The van der Waals surface area contributed by atoms with Crippen LogP contribution in [0.5, 0.6) is 0 Å². The molecule has 1 aliphatic carbocycles. The van der Waals surface area contributed by atoms with Crippen molar-refractivity contribution in [1.29, 1.82) is 0 Å². The maximum absolute atomic E-state index is 14.3. The summed E-state index contributed by atoms with van der Waals surface area (Å²) in [5.41, 5.74) is 1.81. The molecule has 0 saturated heterocycles. The third-order valence-electron chi connectivity index (χ3n) is 3.30. The Bertz CT molecular complexity index is 632. The molecule has 0 aliphatic heterocycles. The van der Waals surface area contributed by atoms with Gasteiger partial charge < -0.3 is 4.79 Å². The number of hydrogen-bond donors (Lipinski definition) is 0. The van der Waals surface area contributed by atoms with Gasteiger partial charge in [-0.3, -0.25) is 0 Å². The predicted octanol–water partition coefficient (Wildman–Crippen LogP) is 3.55. The van der Waals surface area contributed by atoms with Crippen molar-refractivity contribution in [3.05, 3.63) is 59.2 Å². The SMILES string of the molecule is O=CCc1ccc2c(c1)C(F)(F)c1ccccc1-2. The lowest BCUT2D eigenvalue weighted by molar-refractivity contribution is -0.107. The first-order valence-electron chi connectivity index (χ1n) is 5.69. The lowest BCUT2D eigenvalue weighted by atomic mass is 10.0. The molecule has 3 rings (SSSR count). The van der Waals surface area contributed by atoms with Crippen molar-refractivity contribution in [2.75, 3.05) is 0 Å². The average Bonchev–Trinajstić information content (AvgIpc) is 2.60. The standard InChI is InChI=1S/C15H10F2O/c16-15(17)13-4-2-1-3-11(13)12-6-5-10(7-8-18)9-14(12)15/h1-6,8-9H,7H2. The van der Waals surface area contributed by atoms with Crippen LogP contribution in [0.15, 0.2) is 42.5 Å². The molecule has 90 valence electrons. The normalized spacial score (nSPS) is 15.0. The molecule has 0 spiro atoms. The first-order valence-corrected chi connectivity index (χ1v) is 5.69. The molecule has 2 aromatic carbocycles. The average molecular weight is 244 g/mol. The topological polar surface area (TPSA) is 17.1 Å². The van der Waals surface area contributed by atoms with E-state index in [1.165, 1.54) is 12.1 Å². The smallest absolute Gasteiger partial charge is 0.299 e. The van der Waals surface area contributed by atoms with Crippen LogP contribution in [0.3, 0.4) is 0 Å². The molecule has 0 bridgehead atoms. The molecule has 1 aliphatic rings. The first kappa shape index (κ1) is 11.1. The van der Waals surface area contributed by atoms with Crippen LogP contribution in [0.4, 0.5) is 8.78 Å². The summed E-state index contributed by atoms with van der Waals surface area (Å²) in [6, 6.07) is 11.4. The molecular formula is C15H10F2O. The van der Waals surface area contributed by atoms with Crippen LogP contribution in [-0.4, -0.2) is 6.29 Å². The van der Waals surface area contributed by atoms with Gasteiger partial charge in [0.25, 0.3) is 5.92 Å². The molecule has 3 heteroatoms. The Morgan fingerprint density at radius 1 is 1.00 bits per heavy atom. The van der Waals surface area contributed by atoms with Gasteiger partial charge in [0.2, 0.25) is 0 Å². The minimum Gasteiger partial charge on any atom is -0.303 e. The Morgan fingerprint density at radius 3 is 2.50 bits per heavy atom. The summed E-state index contributed by atoms with van der Waals surface area (Å²) in [5.74, 6) is -2.97. The van der Waals surface area contributed by atoms with E-state index in [-0.39, 0.29) is 17.5 Å². The predicted molar refractivity (Wildman–Crippen MR) is 64.6 cm³/mol. The Labute approximate surface area is 103 Å². The summed E-state index contributed by atoms with van der Waals surface area (Å²) >= 11 is 0. The van der Waals surface area contributed by atoms with E-state index in [9.17, 15) is 13.6 Å². The van der Waals surface area contributed by atoms with Crippen molar-refractivity contribution in [2.24, 2.45) is 0 Å². The molecule has 18 heavy (non-hydrogen) atoms. The van der Waals surface area contributed by atoms with Gasteiger partial charge in [0, 0.05) is 17.5 Å². The molecular weight excluding hydrogens is 234 g/mol. The zero-order valence-corrected chi connectivity index (χ0v) is 9.49. The summed E-state index contributed by atoms with van der Waals surface area (Å²) in [4.78, 5) is 10.5. The van der Waals surface area contributed by atoms with Gasteiger partial charge in [0.05, 0.1) is 0 Å². The van der Waals surface area contributed by atoms with Crippen molar-refractivity contribution in [3.63, 3.8) is 0 Å². The number of alkyl halides is 2. The largest absolute Gasteiger partial charge is 0.303 e. The van der Waals surface area contributed by atoms with E-state index in [2.05, 4.69) is 0 Å². The fourth-order valence-electron chi connectivity index (χ4n) is 2.45. The molecule has 0 heterocycles. The first-order chi connectivity index (χ1) is 8.64. The van der Waals surface area contributed by atoms with Gasteiger partial charge in [-0.25, -0.2) is 0 Å². The molecule has 0 saturated carbocycles. The molecule has 0 amide bonds. The highest BCUT2D eigenvalue weighted by Crippen LogP contribution is 2.50. The number of aldehydes is 1. The second-order valence-corrected chi connectivity index (χ2v) is 4.37. The zero-order chi connectivity index (χ0) is 12.8. The van der Waals surface area contributed by atoms with E-state index in [4.69, 9.17) is 0 Å². The Balaban J connectivity index is 2.24. The van der Waals surface area contributed by atoms with Crippen molar-refractivity contribution < 1.29 is 13.6 Å². The van der Waals surface area contributed by atoms with Crippen LogP contribution in [0, 0.1) is 0 Å². The van der Waals surface area contributed by atoms with Gasteiger partial charge in [-0.15, -0.1) is 0 Å². The highest BCUT2D eigenvalue weighted by Gasteiger charge is 2.43. The molecule has 0 aromatic heterocycles. The number of benzene rings is 2. The van der Waals surface area contributed by atoms with Crippen molar-refractivity contribution in [2.45, 2.75) is 12.3 Å². The highest BCUT2D eigenvalue weighted by atomic mass is 19.3. The third kappa shape index (κ3) is 1.40. The highest BCUT2D eigenvalue weighted by molar-refractivity contribution is 5.79. The van der Waals surface area contributed by atoms with Crippen molar-refractivity contribution in [1.82, 2.24) is 0 Å². The summed E-state index contributed by atoms with van der Waals surface area (Å²) < 4.78 is 28.5. The maximum atomic E-state index is 14.3. The molecule has 0 radical (unpaired) electrons. The van der Waals surface area contributed by atoms with Crippen molar-refractivity contribution >= 4 is 6.29 Å². The third-order valence-corrected chi connectivity index (χ3v) is 3.30. The van der Waals surface area contributed by atoms with E-state index in [0.717, 1.165) is 6.29 Å². The maximum Gasteiger partial charge on any atom is 0.299 e. The Hall–Kier alpha value is -2.03. The summed E-state index contributed by atoms with van der Waals surface area (Å²) in [7, 11) is 0. The minimum absolute atomic E-state index is 0.00282. The number of carbonyl (C=O) groups is 1. The van der Waals surface area contributed by atoms with Crippen LogP contribution in [0.25, 0.3) is 11.1 Å². The van der Waals surface area contributed by atoms with Crippen LogP contribution in [0.1, 0.15) is 16.7 Å². The number of halogens is 2. The second-order valence-electron chi connectivity index (χ2n) is 4.37. The van der Waals surface area contributed by atoms with E-state index in [1.54, 1.807) is 30.3 Å². The van der Waals surface area contributed by atoms with E-state index < -0.39 is 5.92 Å². The van der Waals surface area contributed by atoms with Crippen LogP contribution in [-0.2, 0) is 17.1 Å². The van der Waals surface area contributed by atoms with Crippen LogP contribution >= 0.6 is 0 Å². The molecule has 1 nitrogen and oxygen atoms in total. The van der Waals surface area contributed by atoms with Crippen LogP contribution in [0.2, 0.25) is 0 Å². The molecule has 2 aromatic rings. The van der Waals surface area contributed by atoms with E-state index >= 15 is 0 Å². The zero-order valence-electron chi connectivity index (χ0n) is 9.49. The van der Waals surface area contributed by atoms with Gasteiger partial charge in [0.15, 0.2) is 0 Å². The molecule has 0 fully saturated rings. The van der Waals surface area contributed by atoms with E-state index in [0.29, 0.717) is 16.7 Å². The van der Waals surface area contributed by atoms with Crippen molar-refractivity contribution in [3.8, 4) is 11.1 Å². The summed E-state index contributed by atoms with van der Waals surface area (Å²) in [6.45, 7) is 0. The number of hydrogen-bond acceptors (Lipinski definition) is 1. The quantitative estimate of drug-likeness (QED) is 0.738. The van der Waals surface area contributed by atoms with Crippen LogP contribution < -0.4 is 0 Å². The Kier molecular flexibility index (Phi) is 2.30. The van der Waals surface area contributed by atoms with Gasteiger partial charge in [-0.1, -0.05) is 36.4 Å². The van der Waals surface area contributed by atoms with Gasteiger partial charge >= 0.3 is 0 Å². The monoisotopic (exact) mass is 244 g/mol. The summed E-state index contributed by atoms with van der Waals surface area (Å²) in [6.07, 6.45) is 0.891. The molecule has 0 N–H and O–H groups in total. The minimum atomic E-state index is -2.97. The second kappa shape index (κ2) is 3.73. The number of fused-ring (bicyclic) bond motifs is 3. The molecule has 0 unspecified atom stereocenters. The lowest BCUT2D eigenvalue weighted by Gasteiger charge is -2.12. The van der Waals surface area contributed by atoms with E-state index in [1.807, 2.05) is 0 Å². The fraction of sp³-hybridized carbons (Fsp3) is 0.133.